The SMILES string of the molecule is CC(C)Cn1cnnc1-c1ccc(Br)cn1. The zero-order valence-corrected chi connectivity index (χ0v) is 10.8. The summed E-state index contributed by atoms with van der Waals surface area (Å²) in [5, 5.41) is 8.04. The first-order valence-electron chi connectivity index (χ1n) is 5.16. The van der Waals surface area contributed by atoms with E-state index in [9.17, 15) is 0 Å². The number of aromatic nitrogens is 4. The van der Waals surface area contributed by atoms with Crippen molar-refractivity contribution < 1.29 is 0 Å². The van der Waals surface area contributed by atoms with Crippen LogP contribution in [0.3, 0.4) is 0 Å². The molecule has 0 fully saturated rings. The summed E-state index contributed by atoms with van der Waals surface area (Å²) in [6.07, 6.45) is 3.52. The molecule has 16 heavy (non-hydrogen) atoms. The average molecular weight is 281 g/mol. The van der Waals surface area contributed by atoms with Gasteiger partial charge in [-0.25, -0.2) is 0 Å². The average Bonchev–Trinajstić information content (AvgIpc) is 2.66. The van der Waals surface area contributed by atoms with Crippen LogP contribution in [0, 0.1) is 5.92 Å². The van der Waals surface area contributed by atoms with Gasteiger partial charge in [-0.2, -0.15) is 0 Å². The van der Waals surface area contributed by atoms with Crippen molar-refractivity contribution in [3.8, 4) is 11.5 Å². The van der Waals surface area contributed by atoms with Crippen LogP contribution in [-0.4, -0.2) is 19.7 Å². The Labute approximate surface area is 103 Å². The van der Waals surface area contributed by atoms with Gasteiger partial charge in [0.1, 0.15) is 12.0 Å². The molecule has 0 amide bonds. The summed E-state index contributed by atoms with van der Waals surface area (Å²) in [7, 11) is 0. The van der Waals surface area contributed by atoms with E-state index in [1.54, 1.807) is 12.5 Å². The van der Waals surface area contributed by atoms with Crippen molar-refractivity contribution in [1.29, 1.82) is 0 Å². The first kappa shape index (κ1) is 11.3. The Morgan fingerprint density at radius 3 is 2.81 bits per heavy atom. The molecule has 2 aromatic rings. The molecule has 0 bridgehead atoms. The maximum Gasteiger partial charge on any atom is 0.182 e. The van der Waals surface area contributed by atoms with Crippen LogP contribution in [0.4, 0.5) is 0 Å². The Morgan fingerprint density at radius 1 is 1.38 bits per heavy atom. The second-order valence-electron chi connectivity index (χ2n) is 4.06. The minimum Gasteiger partial charge on any atom is -0.312 e. The van der Waals surface area contributed by atoms with Gasteiger partial charge in [0, 0.05) is 17.2 Å². The van der Waals surface area contributed by atoms with Crippen LogP contribution >= 0.6 is 15.9 Å². The van der Waals surface area contributed by atoms with E-state index in [-0.39, 0.29) is 0 Å². The first-order valence-corrected chi connectivity index (χ1v) is 5.96. The number of hydrogen-bond donors (Lipinski definition) is 0. The molecule has 0 N–H and O–H groups in total. The van der Waals surface area contributed by atoms with Gasteiger partial charge in [-0.05, 0) is 34.0 Å². The van der Waals surface area contributed by atoms with Crippen molar-refractivity contribution in [3.63, 3.8) is 0 Å². The van der Waals surface area contributed by atoms with E-state index in [1.807, 2.05) is 16.7 Å². The van der Waals surface area contributed by atoms with Gasteiger partial charge in [0.25, 0.3) is 0 Å². The Balaban J connectivity index is 2.33. The third-order valence-electron chi connectivity index (χ3n) is 2.13. The van der Waals surface area contributed by atoms with Gasteiger partial charge in [-0.1, -0.05) is 13.8 Å². The predicted octanol–water partition coefficient (Wildman–Crippen LogP) is 2.76. The lowest BCUT2D eigenvalue weighted by Gasteiger charge is -2.08. The third kappa shape index (κ3) is 2.47. The van der Waals surface area contributed by atoms with Crippen molar-refractivity contribution >= 4 is 15.9 Å². The Bertz CT molecular complexity index is 461. The van der Waals surface area contributed by atoms with Gasteiger partial charge in [0.15, 0.2) is 5.82 Å². The monoisotopic (exact) mass is 280 g/mol. The smallest absolute Gasteiger partial charge is 0.182 e. The maximum atomic E-state index is 4.32. The van der Waals surface area contributed by atoms with Crippen molar-refractivity contribution in [1.82, 2.24) is 19.7 Å². The minimum atomic E-state index is 0.560. The van der Waals surface area contributed by atoms with Crippen LogP contribution in [0.1, 0.15) is 13.8 Å². The van der Waals surface area contributed by atoms with Crippen LogP contribution in [0.5, 0.6) is 0 Å². The van der Waals surface area contributed by atoms with E-state index in [0.29, 0.717) is 5.92 Å². The third-order valence-corrected chi connectivity index (χ3v) is 2.60. The molecular weight excluding hydrogens is 268 g/mol. The summed E-state index contributed by atoms with van der Waals surface area (Å²) < 4.78 is 2.99. The van der Waals surface area contributed by atoms with E-state index < -0.39 is 0 Å². The zero-order valence-electron chi connectivity index (χ0n) is 9.26. The summed E-state index contributed by atoms with van der Waals surface area (Å²) in [4.78, 5) is 4.32. The molecule has 4 nitrogen and oxygen atoms in total. The Kier molecular flexibility index (Phi) is 3.33. The van der Waals surface area contributed by atoms with Gasteiger partial charge in [-0.3, -0.25) is 4.98 Å². The highest BCUT2D eigenvalue weighted by Crippen LogP contribution is 2.17. The highest BCUT2D eigenvalue weighted by molar-refractivity contribution is 9.10. The minimum absolute atomic E-state index is 0.560. The van der Waals surface area contributed by atoms with Crippen LogP contribution in [-0.2, 0) is 6.54 Å². The van der Waals surface area contributed by atoms with Crippen molar-refractivity contribution in [2.24, 2.45) is 5.92 Å². The van der Waals surface area contributed by atoms with E-state index in [1.165, 1.54) is 0 Å². The van der Waals surface area contributed by atoms with Crippen LogP contribution < -0.4 is 0 Å². The van der Waals surface area contributed by atoms with E-state index >= 15 is 0 Å². The van der Waals surface area contributed by atoms with Crippen molar-refractivity contribution in [3.05, 3.63) is 29.1 Å². The number of hydrogen-bond acceptors (Lipinski definition) is 3. The fourth-order valence-electron chi connectivity index (χ4n) is 1.49. The van der Waals surface area contributed by atoms with Gasteiger partial charge in [0.2, 0.25) is 0 Å². The fraction of sp³-hybridized carbons (Fsp3) is 0.364. The Morgan fingerprint density at radius 2 is 2.19 bits per heavy atom. The molecule has 0 spiro atoms. The molecule has 0 aromatic carbocycles. The molecule has 2 heterocycles. The second-order valence-corrected chi connectivity index (χ2v) is 4.98. The highest BCUT2D eigenvalue weighted by Gasteiger charge is 2.09. The van der Waals surface area contributed by atoms with Gasteiger partial charge < -0.3 is 4.57 Å². The number of pyridine rings is 1. The number of rotatable bonds is 3. The molecule has 2 rings (SSSR count). The normalized spacial score (nSPS) is 11.0. The summed E-state index contributed by atoms with van der Waals surface area (Å²) >= 11 is 3.36. The number of nitrogens with zero attached hydrogens (tertiary/aromatic N) is 4. The molecule has 0 aliphatic rings. The van der Waals surface area contributed by atoms with E-state index in [2.05, 4.69) is 45.0 Å². The summed E-state index contributed by atoms with van der Waals surface area (Å²) in [6.45, 7) is 5.23. The molecule has 0 radical (unpaired) electrons. The molecule has 84 valence electrons. The Hall–Kier alpha value is -1.23. The van der Waals surface area contributed by atoms with Crippen molar-refractivity contribution in [2.45, 2.75) is 20.4 Å². The highest BCUT2D eigenvalue weighted by atomic mass is 79.9. The standard InChI is InChI=1S/C11H13BrN4/c1-8(2)6-16-7-14-15-11(16)10-4-3-9(12)5-13-10/h3-5,7-8H,6H2,1-2H3. The zero-order chi connectivity index (χ0) is 11.5. The van der Waals surface area contributed by atoms with Crippen LogP contribution in [0.25, 0.3) is 11.5 Å². The molecule has 0 aliphatic heterocycles. The van der Waals surface area contributed by atoms with Gasteiger partial charge >= 0.3 is 0 Å². The molecule has 0 atom stereocenters. The van der Waals surface area contributed by atoms with E-state index in [0.717, 1.165) is 22.5 Å². The summed E-state index contributed by atoms with van der Waals surface area (Å²) in [6, 6.07) is 3.89. The largest absolute Gasteiger partial charge is 0.312 e. The maximum absolute atomic E-state index is 4.32. The van der Waals surface area contributed by atoms with Gasteiger partial charge in [0.05, 0.1) is 0 Å². The number of halogens is 1. The molecule has 0 aliphatic carbocycles. The van der Waals surface area contributed by atoms with Crippen LogP contribution in [0.15, 0.2) is 29.1 Å². The summed E-state index contributed by atoms with van der Waals surface area (Å²) in [5.41, 5.74) is 0.848. The summed E-state index contributed by atoms with van der Waals surface area (Å²) in [5.74, 6) is 1.38. The molecule has 0 unspecified atom stereocenters. The van der Waals surface area contributed by atoms with Crippen molar-refractivity contribution in [2.75, 3.05) is 0 Å². The molecule has 5 heteroatoms. The lowest BCUT2D eigenvalue weighted by atomic mass is 10.2. The molecule has 0 saturated heterocycles. The predicted molar refractivity (Wildman–Crippen MR) is 65.8 cm³/mol. The fourth-order valence-corrected chi connectivity index (χ4v) is 1.72. The quantitative estimate of drug-likeness (QED) is 0.868. The topological polar surface area (TPSA) is 43.6 Å². The first-order chi connectivity index (χ1) is 7.66. The lowest BCUT2D eigenvalue weighted by molar-refractivity contribution is 0.525. The second kappa shape index (κ2) is 4.74. The van der Waals surface area contributed by atoms with Gasteiger partial charge in [-0.15, -0.1) is 10.2 Å². The van der Waals surface area contributed by atoms with E-state index in [4.69, 9.17) is 0 Å². The molecular formula is C11H13BrN4. The lowest BCUT2D eigenvalue weighted by Crippen LogP contribution is -2.05. The molecule has 2 aromatic heterocycles. The van der Waals surface area contributed by atoms with Crippen LogP contribution in [0.2, 0.25) is 0 Å². The molecule has 0 saturated carbocycles.